The van der Waals surface area contributed by atoms with Crippen LogP contribution in [0.5, 0.6) is 0 Å². The topological polar surface area (TPSA) is 84.0 Å². The minimum atomic E-state index is -3.68. The summed E-state index contributed by atoms with van der Waals surface area (Å²) in [5.41, 5.74) is 1.56. The van der Waals surface area contributed by atoms with Crippen LogP contribution in [0.15, 0.2) is 41.6 Å². The highest BCUT2D eigenvalue weighted by Gasteiger charge is 2.16. The Balaban J connectivity index is 2.28. The molecule has 1 aromatic carbocycles. The monoisotopic (exact) mass is 306 g/mol. The molecule has 0 bridgehead atoms. The number of nitrogens with one attached hydrogen (secondary N) is 2. The Hall–Kier alpha value is -2.15. The quantitative estimate of drug-likeness (QED) is 0.855. The Morgan fingerprint density at radius 1 is 1.14 bits per heavy atom. The van der Waals surface area contributed by atoms with Crippen molar-refractivity contribution < 1.29 is 8.42 Å². The normalized spacial score (nSPS) is 11.1. The van der Waals surface area contributed by atoms with Crippen LogP contribution in [0.25, 0.3) is 0 Å². The van der Waals surface area contributed by atoms with Crippen molar-refractivity contribution in [3.8, 4) is 0 Å². The molecule has 0 radical (unpaired) electrons. The second-order valence-corrected chi connectivity index (χ2v) is 6.19. The van der Waals surface area contributed by atoms with Crippen LogP contribution in [0.4, 0.5) is 11.6 Å². The third-order valence-corrected chi connectivity index (χ3v) is 4.26. The van der Waals surface area contributed by atoms with Gasteiger partial charge in [0.15, 0.2) is 0 Å². The smallest absolute Gasteiger partial charge is 0.264 e. The number of hydrogen-bond donors (Lipinski definition) is 2. The van der Waals surface area contributed by atoms with Crippen molar-refractivity contribution in [3.05, 3.63) is 42.2 Å². The molecule has 2 rings (SSSR count). The van der Waals surface area contributed by atoms with E-state index in [1.165, 1.54) is 12.4 Å². The van der Waals surface area contributed by atoms with Gasteiger partial charge >= 0.3 is 0 Å². The molecule has 2 N–H and O–H groups in total. The van der Waals surface area contributed by atoms with Crippen LogP contribution in [0, 0.1) is 0 Å². The van der Waals surface area contributed by atoms with E-state index < -0.39 is 10.0 Å². The van der Waals surface area contributed by atoms with Crippen molar-refractivity contribution in [1.29, 1.82) is 0 Å². The zero-order chi connectivity index (χ0) is 15.3. The van der Waals surface area contributed by atoms with Crippen LogP contribution < -0.4 is 10.0 Å². The summed E-state index contributed by atoms with van der Waals surface area (Å²) in [6.45, 7) is 2.05. The lowest BCUT2D eigenvalue weighted by Gasteiger charge is -2.12. The molecule has 0 fully saturated rings. The fourth-order valence-corrected chi connectivity index (χ4v) is 2.88. The lowest BCUT2D eigenvalue weighted by molar-refractivity contribution is 0.600. The molecule has 0 amide bonds. The van der Waals surface area contributed by atoms with E-state index in [1.54, 1.807) is 19.2 Å². The summed E-state index contributed by atoms with van der Waals surface area (Å²) in [7, 11) is -2.01. The lowest BCUT2D eigenvalue weighted by Crippen LogP contribution is -2.15. The molecule has 0 unspecified atom stereocenters. The van der Waals surface area contributed by atoms with Crippen molar-refractivity contribution in [2.45, 2.75) is 24.7 Å². The number of benzene rings is 1. The first-order chi connectivity index (χ1) is 10.1. The Morgan fingerprint density at radius 3 is 2.43 bits per heavy atom. The Morgan fingerprint density at radius 2 is 1.81 bits per heavy atom. The van der Waals surface area contributed by atoms with Gasteiger partial charge in [-0.05, 0) is 18.1 Å². The molecule has 6 nitrogen and oxygen atoms in total. The molecule has 7 heteroatoms. The molecule has 1 aromatic heterocycles. The molecule has 0 aliphatic heterocycles. The molecule has 21 heavy (non-hydrogen) atoms. The molecule has 0 atom stereocenters. The van der Waals surface area contributed by atoms with Crippen molar-refractivity contribution in [1.82, 2.24) is 9.97 Å². The number of aryl methyl sites for hydroxylation is 1. The number of anilines is 2. The number of hydrogen-bond acceptors (Lipinski definition) is 5. The standard InChI is InChI=1S/C14H18N4O2S/c1-3-6-11-7-4-5-8-13(11)18-21(19,20)12-9-16-14(15-2)17-10-12/h4-5,7-10,18H,3,6H2,1-2H3,(H,15,16,17). The number of nitrogens with zero attached hydrogens (tertiary/aromatic N) is 2. The predicted octanol–water partition coefficient (Wildman–Crippen LogP) is 2.27. The van der Waals surface area contributed by atoms with Gasteiger partial charge in [-0.15, -0.1) is 0 Å². The summed E-state index contributed by atoms with van der Waals surface area (Å²) in [5, 5.41) is 2.74. The summed E-state index contributed by atoms with van der Waals surface area (Å²) in [5.74, 6) is 0.375. The highest BCUT2D eigenvalue weighted by molar-refractivity contribution is 7.92. The number of aromatic nitrogens is 2. The van der Waals surface area contributed by atoms with Crippen LogP contribution in [0.2, 0.25) is 0 Å². The molecular weight excluding hydrogens is 288 g/mol. The molecular formula is C14H18N4O2S. The molecule has 0 spiro atoms. The molecule has 0 saturated heterocycles. The van der Waals surface area contributed by atoms with Crippen molar-refractivity contribution >= 4 is 21.7 Å². The van der Waals surface area contributed by atoms with E-state index in [1.807, 2.05) is 12.1 Å². The van der Waals surface area contributed by atoms with E-state index in [-0.39, 0.29) is 4.90 Å². The van der Waals surface area contributed by atoms with Gasteiger partial charge in [0, 0.05) is 7.05 Å². The maximum atomic E-state index is 12.3. The SMILES string of the molecule is CCCc1ccccc1NS(=O)(=O)c1cnc(NC)nc1. The maximum Gasteiger partial charge on any atom is 0.264 e. The molecule has 0 saturated carbocycles. The summed E-state index contributed by atoms with van der Waals surface area (Å²) in [4.78, 5) is 7.88. The molecule has 2 aromatic rings. The summed E-state index contributed by atoms with van der Waals surface area (Å²) in [6, 6.07) is 7.37. The maximum absolute atomic E-state index is 12.3. The largest absolute Gasteiger partial charge is 0.357 e. The molecule has 112 valence electrons. The molecule has 0 aliphatic rings. The van der Waals surface area contributed by atoms with Crippen molar-refractivity contribution in [2.75, 3.05) is 17.1 Å². The summed E-state index contributed by atoms with van der Waals surface area (Å²) in [6.07, 6.45) is 4.32. The molecule has 0 aliphatic carbocycles. The van der Waals surface area contributed by atoms with Gasteiger partial charge < -0.3 is 5.32 Å². The van der Waals surface area contributed by atoms with Gasteiger partial charge in [-0.25, -0.2) is 18.4 Å². The van der Waals surface area contributed by atoms with E-state index in [0.29, 0.717) is 11.6 Å². The van der Waals surface area contributed by atoms with E-state index in [9.17, 15) is 8.42 Å². The highest BCUT2D eigenvalue weighted by atomic mass is 32.2. The highest BCUT2D eigenvalue weighted by Crippen LogP contribution is 2.20. The Kier molecular flexibility index (Phi) is 4.74. The minimum absolute atomic E-state index is 0.0350. The van der Waals surface area contributed by atoms with Crippen LogP contribution in [-0.2, 0) is 16.4 Å². The predicted molar refractivity (Wildman–Crippen MR) is 82.8 cm³/mol. The molecule has 1 heterocycles. The first-order valence-corrected chi connectivity index (χ1v) is 8.15. The fraction of sp³-hybridized carbons (Fsp3) is 0.286. The van der Waals surface area contributed by atoms with Gasteiger partial charge in [0.05, 0.1) is 18.1 Å². The van der Waals surface area contributed by atoms with Gasteiger partial charge in [-0.3, -0.25) is 4.72 Å². The van der Waals surface area contributed by atoms with Crippen LogP contribution in [-0.4, -0.2) is 25.4 Å². The van der Waals surface area contributed by atoms with Crippen LogP contribution in [0.1, 0.15) is 18.9 Å². The van der Waals surface area contributed by atoms with E-state index in [4.69, 9.17) is 0 Å². The van der Waals surface area contributed by atoms with Crippen molar-refractivity contribution in [3.63, 3.8) is 0 Å². The first kappa shape index (κ1) is 15.2. The second-order valence-electron chi connectivity index (χ2n) is 4.51. The third kappa shape index (κ3) is 3.69. The van der Waals surface area contributed by atoms with Crippen LogP contribution >= 0.6 is 0 Å². The number of sulfonamides is 1. The van der Waals surface area contributed by atoms with E-state index >= 15 is 0 Å². The van der Waals surface area contributed by atoms with Crippen molar-refractivity contribution in [2.24, 2.45) is 0 Å². The van der Waals surface area contributed by atoms with Gasteiger partial charge in [0.2, 0.25) is 5.95 Å². The fourth-order valence-electron chi connectivity index (χ4n) is 1.89. The number of para-hydroxylation sites is 1. The van der Waals surface area contributed by atoms with Crippen LogP contribution in [0.3, 0.4) is 0 Å². The Bertz CT molecular complexity index is 699. The average Bonchev–Trinajstić information content (AvgIpc) is 2.49. The zero-order valence-electron chi connectivity index (χ0n) is 12.0. The Labute approximate surface area is 124 Å². The van der Waals surface area contributed by atoms with Gasteiger partial charge in [-0.2, -0.15) is 0 Å². The van der Waals surface area contributed by atoms with E-state index in [0.717, 1.165) is 18.4 Å². The average molecular weight is 306 g/mol. The second kappa shape index (κ2) is 6.53. The first-order valence-electron chi connectivity index (χ1n) is 6.67. The van der Waals surface area contributed by atoms with E-state index in [2.05, 4.69) is 26.9 Å². The van der Waals surface area contributed by atoms with Gasteiger partial charge in [-0.1, -0.05) is 31.5 Å². The minimum Gasteiger partial charge on any atom is -0.357 e. The third-order valence-electron chi connectivity index (χ3n) is 2.94. The lowest BCUT2D eigenvalue weighted by atomic mass is 10.1. The van der Waals surface area contributed by atoms with Gasteiger partial charge in [0.1, 0.15) is 4.90 Å². The number of rotatable bonds is 6. The summed E-state index contributed by atoms with van der Waals surface area (Å²) < 4.78 is 27.3. The van der Waals surface area contributed by atoms with Gasteiger partial charge in [0.25, 0.3) is 10.0 Å². The summed E-state index contributed by atoms with van der Waals surface area (Å²) >= 11 is 0. The zero-order valence-corrected chi connectivity index (χ0v) is 12.8.